The van der Waals surface area contributed by atoms with Crippen LogP contribution in [0.5, 0.6) is 0 Å². The zero-order valence-electron chi connectivity index (χ0n) is 14.4. The van der Waals surface area contributed by atoms with E-state index in [4.69, 9.17) is 11.6 Å². The first-order valence-corrected chi connectivity index (χ1v) is 9.06. The molecule has 1 saturated heterocycles. The fourth-order valence-corrected chi connectivity index (χ4v) is 3.62. The summed E-state index contributed by atoms with van der Waals surface area (Å²) in [4.78, 5) is 35.5. The van der Waals surface area contributed by atoms with Gasteiger partial charge in [-0.2, -0.15) is 0 Å². The highest BCUT2D eigenvalue weighted by molar-refractivity contribution is 6.30. The number of anilines is 2. The van der Waals surface area contributed by atoms with Crippen LogP contribution in [0.1, 0.15) is 22.3 Å². The van der Waals surface area contributed by atoms with E-state index in [9.17, 15) is 14.7 Å². The summed E-state index contributed by atoms with van der Waals surface area (Å²) in [6.07, 6.45) is 3.50. The van der Waals surface area contributed by atoms with E-state index in [1.54, 1.807) is 17.0 Å². The SMILES string of the molecule is O=C(c1ccc2c(c1)N(C(=O)O)CC2)N1CC[C@@H](Nc2ncc(Cl)cn2)C1. The number of carbonyl (C=O) groups is 2. The quantitative estimate of drug-likeness (QED) is 0.839. The van der Waals surface area contributed by atoms with E-state index in [1.165, 1.54) is 17.3 Å². The molecule has 0 aliphatic carbocycles. The third-order valence-electron chi connectivity index (χ3n) is 4.89. The molecule has 0 unspecified atom stereocenters. The standard InChI is InChI=1S/C18H18ClN5O3/c19-13-8-20-17(21-9-13)22-14-4-5-23(10-14)16(25)12-2-1-11-3-6-24(18(26)27)15(11)7-12/h1-2,7-9,14H,3-6,10H2,(H,26,27)(H,20,21,22)/t14-/m1/s1. The van der Waals surface area contributed by atoms with E-state index >= 15 is 0 Å². The third-order valence-corrected chi connectivity index (χ3v) is 5.08. The Hall–Kier alpha value is -2.87. The van der Waals surface area contributed by atoms with Crippen LogP contribution in [0.15, 0.2) is 30.6 Å². The van der Waals surface area contributed by atoms with Crippen molar-refractivity contribution in [3.63, 3.8) is 0 Å². The highest BCUT2D eigenvalue weighted by Gasteiger charge is 2.30. The number of hydrogen-bond acceptors (Lipinski definition) is 5. The average molecular weight is 388 g/mol. The second-order valence-electron chi connectivity index (χ2n) is 6.63. The van der Waals surface area contributed by atoms with Crippen LogP contribution < -0.4 is 10.2 Å². The molecule has 2 amide bonds. The van der Waals surface area contributed by atoms with Crippen LogP contribution in [0.2, 0.25) is 5.02 Å². The molecule has 1 atom stereocenters. The van der Waals surface area contributed by atoms with Gasteiger partial charge in [-0.1, -0.05) is 17.7 Å². The number of likely N-dealkylation sites (tertiary alicyclic amines) is 1. The molecule has 140 valence electrons. The van der Waals surface area contributed by atoms with E-state index in [2.05, 4.69) is 15.3 Å². The fraction of sp³-hybridized carbons (Fsp3) is 0.333. The van der Waals surface area contributed by atoms with Crippen molar-refractivity contribution in [2.24, 2.45) is 0 Å². The van der Waals surface area contributed by atoms with E-state index < -0.39 is 6.09 Å². The Balaban J connectivity index is 1.44. The molecule has 8 nitrogen and oxygen atoms in total. The number of aromatic nitrogens is 2. The second kappa shape index (κ2) is 7.03. The zero-order chi connectivity index (χ0) is 19.0. The van der Waals surface area contributed by atoms with Crippen molar-refractivity contribution < 1.29 is 14.7 Å². The molecule has 1 aromatic carbocycles. The lowest BCUT2D eigenvalue weighted by atomic mass is 10.1. The minimum atomic E-state index is -0.994. The Labute approximate surface area is 160 Å². The summed E-state index contributed by atoms with van der Waals surface area (Å²) < 4.78 is 0. The highest BCUT2D eigenvalue weighted by atomic mass is 35.5. The van der Waals surface area contributed by atoms with Crippen LogP contribution in [0, 0.1) is 0 Å². The van der Waals surface area contributed by atoms with Crippen molar-refractivity contribution in [1.29, 1.82) is 0 Å². The second-order valence-corrected chi connectivity index (χ2v) is 7.07. The largest absolute Gasteiger partial charge is 0.465 e. The van der Waals surface area contributed by atoms with Gasteiger partial charge in [-0.3, -0.25) is 9.69 Å². The van der Waals surface area contributed by atoms with Gasteiger partial charge in [0.25, 0.3) is 5.91 Å². The molecule has 3 heterocycles. The number of fused-ring (bicyclic) bond motifs is 1. The Morgan fingerprint density at radius 1 is 1.22 bits per heavy atom. The van der Waals surface area contributed by atoms with Crippen LogP contribution in [0.3, 0.4) is 0 Å². The molecule has 2 N–H and O–H groups in total. The number of rotatable bonds is 3. The monoisotopic (exact) mass is 387 g/mol. The van der Waals surface area contributed by atoms with Gasteiger partial charge in [-0.15, -0.1) is 0 Å². The first-order chi connectivity index (χ1) is 13.0. The van der Waals surface area contributed by atoms with E-state index in [-0.39, 0.29) is 11.9 Å². The van der Waals surface area contributed by atoms with Crippen molar-refractivity contribution in [2.45, 2.75) is 18.9 Å². The molecule has 4 rings (SSSR count). The Morgan fingerprint density at radius 3 is 2.74 bits per heavy atom. The lowest BCUT2D eigenvalue weighted by Crippen LogP contribution is -2.32. The number of carboxylic acid groups (broad SMARTS) is 1. The van der Waals surface area contributed by atoms with Gasteiger partial charge in [0.05, 0.1) is 23.1 Å². The summed E-state index contributed by atoms with van der Waals surface area (Å²) in [6, 6.07) is 5.36. The van der Waals surface area contributed by atoms with E-state index in [0.29, 0.717) is 48.3 Å². The van der Waals surface area contributed by atoms with Crippen molar-refractivity contribution in [3.8, 4) is 0 Å². The molecular weight excluding hydrogens is 370 g/mol. The normalized spacial score (nSPS) is 18.5. The molecule has 2 aliphatic heterocycles. The van der Waals surface area contributed by atoms with Gasteiger partial charge in [-0.25, -0.2) is 14.8 Å². The van der Waals surface area contributed by atoms with Gasteiger partial charge in [0.2, 0.25) is 5.95 Å². The first kappa shape index (κ1) is 17.5. The summed E-state index contributed by atoms with van der Waals surface area (Å²) in [5.74, 6) is 0.379. The Morgan fingerprint density at radius 2 is 2.00 bits per heavy atom. The Bertz CT molecular complexity index is 889. The first-order valence-electron chi connectivity index (χ1n) is 8.68. The molecule has 1 aromatic heterocycles. The maximum absolute atomic E-state index is 12.8. The number of amides is 2. The number of carbonyl (C=O) groups excluding carboxylic acids is 1. The molecular formula is C18H18ClN5O3. The number of halogens is 1. The molecule has 0 bridgehead atoms. The summed E-state index contributed by atoms with van der Waals surface area (Å²) in [5.41, 5.74) is 2.07. The molecule has 2 aliphatic rings. The average Bonchev–Trinajstić information content (AvgIpc) is 3.29. The Kier molecular flexibility index (Phi) is 4.57. The summed E-state index contributed by atoms with van der Waals surface area (Å²) in [7, 11) is 0. The topological polar surface area (TPSA) is 98.7 Å². The lowest BCUT2D eigenvalue weighted by molar-refractivity contribution is 0.0791. The van der Waals surface area contributed by atoms with Crippen LogP contribution >= 0.6 is 11.6 Å². The zero-order valence-corrected chi connectivity index (χ0v) is 15.2. The molecule has 0 radical (unpaired) electrons. The van der Waals surface area contributed by atoms with Gasteiger partial charge in [0.15, 0.2) is 0 Å². The highest BCUT2D eigenvalue weighted by Crippen LogP contribution is 2.30. The molecule has 0 saturated carbocycles. The minimum absolute atomic E-state index is 0.0556. The van der Waals surface area contributed by atoms with Gasteiger partial charge >= 0.3 is 6.09 Å². The van der Waals surface area contributed by atoms with Crippen LogP contribution in [-0.4, -0.2) is 57.7 Å². The lowest BCUT2D eigenvalue weighted by Gasteiger charge is -2.19. The maximum Gasteiger partial charge on any atom is 0.411 e. The predicted molar refractivity (Wildman–Crippen MR) is 100 cm³/mol. The van der Waals surface area contributed by atoms with E-state index in [0.717, 1.165) is 12.0 Å². The molecule has 0 spiro atoms. The van der Waals surface area contributed by atoms with Gasteiger partial charge in [0, 0.05) is 31.2 Å². The van der Waals surface area contributed by atoms with Gasteiger partial charge in [0.1, 0.15) is 0 Å². The summed E-state index contributed by atoms with van der Waals surface area (Å²) >= 11 is 5.79. The molecule has 2 aromatic rings. The molecule has 27 heavy (non-hydrogen) atoms. The van der Waals surface area contributed by atoms with Crippen molar-refractivity contribution >= 4 is 35.2 Å². The predicted octanol–water partition coefficient (Wildman–Crippen LogP) is 2.50. The minimum Gasteiger partial charge on any atom is -0.465 e. The van der Waals surface area contributed by atoms with Crippen LogP contribution in [0.25, 0.3) is 0 Å². The number of benzene rings is 1. The van der Waals surface area contributed by atoms with Crippen molar-refractivity contribution in [3.05, 3.63) is 46.7 Å². The molecule has 9 heteroatoms. The number of nitrogens with zero attached hydrogens (tertiary/aromatic N) is 4. The van der Waals surface area contributed by atoms with Crippen molar-refractivity contribution in [2.75, 3.05) is 29.9 Å². The smallest absolute Gasteiger partial charge is 0.411 e. The van der Waals surface area contributed by atoms with Crippen LogP contribution in [-0.2, 0) is 6.42 Å². The van der Waals surface area contributed by atoms with Crippen LogP contribution in [0.4, 0.5) is 16.4 Å². The fourth-order valence-electron chi connectivity index (χ4n) is 3.53. The maximum atomic E-state index is 12.8. The van der Waals surface area contributed by atoms with Crippen molar-refractivity contribution in [1.82, 2.24) is 14.9 Å². The third kappa shape index (κ3) is 3.52. The number of nitrogens with one attached hydrogen (secondary N) is 1. The summed E-state index contributed by atoms with van der Waals surface area (Å²) in [5, 5.41) is 13.0. The van der Waals surface area contributed by atoms with E-state index in [1.807, 2.05) is 6.07 Å². The summed E-state index contributed by atoms with van der Waals surface area (Å²) in [6.45, 7) is 1.58. The number of hydrogen-bond donors (Lipinski definition) is 2. The van der Waals surface area contributed by atoms with Gasteiger partial charge in [-0.05, 0) is 30.5 Å². The van der Waals surface area contributed by atoms with Gasteiger partial charge < -0.3 is 15.3 Å². The molecule has 1 fully saturated rings.